The van der Waals surface area contributed by atoms with Gasteiger partial charge in [-0.3, -0.25) is 9.59 Å². The second-order valence-electron chi connectivity index (χ2n) is 9.07. The van der Waals surface area contributed by atoms with E-state index in [-0.39, 0.29) is 29.6 Å². The van der Waals surface area contributed by atoms with E-state index in [1.165, 1.54) is 0 Å². The van der Waals surface area contributed by atoms with Crippen LogP contribution in [0.4, 0.5) is 5.69 Å². The highest BCUT2D eigenvalue weighted by Gasteiger charge is 2.55. The zero-order valence-corrected chi connectivity index (χ0v) is 17.8. The summed E-state index contributed by atoms with van der Waals surface area (Å²) >= 11 is 0. The topological polar surface area (TPSA) is 79.5 Å². The molecule has 1 spiro atoms. The maximum Gasteiger partial charge on any atom is 0.255 e. The van der Waals surface area contributed by atoms with Crippen LogP contribution < -0.4 is 20.7 Å². The molecular formula is C25H29N3O3. The van der Waals surface area contributed by atoms with E-state index < -0.39 is 5.66 Å². The van der Waals surface area contributed by atoms with Crippen molar-refractivity contribution in [3.63, 3.8) is 0 Å². The summed E-state index contributed by atoms with van der Waals surface area (Å²) in [6.07, 6.45) is 4.46. The summed E-state index contributed by atoms with van der Waals surface area (Å²) in [5.74, 6) is 1.52. The third kappa shape index (κ3) is 3.64. The van der Waals surface area contributed by atoms with Crippen LogP contribution in [0.5, 0.6) is 5.75 Å². The van der Waals surface area contributed by atoms with Crippen molar-refractivity contribution in [2.45, 2.75) is 37.8 Å². The van der Waals surface area contributed by atoms with E-state index in [1.807, 2.05) is 42.5 Å². The van der Waals surface area contributed by atoms with Crippen LogP contribution in [0.2, 0.25) is 0 Å². The van der Waals surface area contributed by atoms with Gasteiger partial charge in [-0.05, 0) is 67.9 Å². The molecule has 2 amide bonds. The molecule has 0 saturated heterocycles. The highest BCUT2D eigenvalue weighted by molar-refractivity contribution is 6.02. The fraction of sp³-hybridized carbons (Fsp3) is 0.440. The average Bonchev–Trinajstić information content (AvgIpc) is 2.79. The number of amides is 2. The van der Waals surface area contributed by atoms with Gasteiger partial charge in [0.25, 0.3) is 5.91 Å². The number of carbonyl (C=O) groups is 2. The maximum absolute atomic E-state index is 13.0. The molecule has 3 aliphatic carbocycles. The van der Waals surface area contributed by atoms with Gasteiger partial charge in [-0.1, -0.05) is 24.3 Å². The van der Waals surface area contributed by atoms with Crippen LogP contribution in [0.15, 0.2) is 48.5 Å². The first-order valence-electron chi connectivity index (χ1n) is 11.2. The summed E-state index contributed by atoms with van der Waals surface area (Å²) in [5.41, 5.74) is 2.32. The third-order valence-corrected chi connectivity index (χ3v) is 7.32. The Balaban J connectivity index is 1.22. The van der Waals surface area contributed by atoms with Gasteiger partial charge in [0, 0.05) is 24.1 Å². The van der Waals surface area contributed by atoms with Crippen molar-refractivity contribution in [2.24, 2.45) is 17.8 Å². The highest BCUT2D eigenvalue weighted by atomic mass is 16.5. The molecule has 162 valence electrons. The first kappa shape index (κ1) is 19.9. The van der Waals surface area contributed by atoms with E-state index in [4.69, 9.17) is 4.74 Å². The zero-order valence-electron chi connectivity index (χ0n) is 17.8. The van der Waals surface area contributed by atoms with Crippen LogP contribution >= 0.6 is 0 Å². The lowest BCUT2D eigenvalue weighted by atomic mass is 9.58. The summed E-state index contributed by atoms with van der Waals surface area (Å²) < 4.78 is 5.27. The minimum Gasteiger partial charge on any atom is -0.497 e. The Bertz CT molecular complexity index is 1010. The van der Waals surface area contributed by atoms with Gasteiger partial charge in [-0.25, -0.2) is 0 Å². The largest absolute Gasteiger partial charge is 0.497 e. The van der Waals surface area contributed by atoms with Crippen molar-refractivity contribution in [3.8, 4) is 5.75 Å². The first-order chi connectivity index (χ1) is 15.1. The van der Waals surface area contributed by atoms with Gasteiger partial charge < -0.3 is 20.7 Å². The number of methoxy groups -OCH3 is 1. The van der Waals surface area contributed by atoms with Crippen LogP contribution in [-0.2, 0) is 11.2 Å². The maximum atomic E-state index is 13.0. The number of hydrogen-bond donors (Lipinski definition) is 3. The minimum absolute atomic E-state index is 0.0128. The number of ether oxygens (including phenoxy) is 1. The SMILES string of the molecule is COc1cccc(CCNC(=O)C2CC3CCC2C[C@@]32NC(=O)c3ccccc3N2)c1. The van der Waals surface area contributed by atoms with Crippen molar-refractivity contribution < 1.29 is 14.3 Å². The van der Waals surface area contributed by atoms with Crippen LogP contribution in [0.3, 0.4) is 0 Å². The Morgan fingerprint density at radius 1 is 1.16 bits per heavy atom. The van der Waals surface area contributed by atoms with E-state index in [9.17, 15) is 9.59 Å². The molecule has 1 heterocycles. The van der Waals surface area contributed by atoms with Crippen molar-refractivity contribution in [3.05, 3.63) is 59.7 Å². The Labute approximate surface area is 182 Å². The van der Waals surface area contributed by atoms with Gasteiger partial charge in [0.05, 0.1) is 12.7 Å². The normalized spacial score (nSPS) is 28.4. The van der Waals surface area contributed by atoms with E-state index in [0.29, 0.717) is 12.1 Å². The molecule has 6 nitrogen and oxygen atoms in total. The zero-order chi connectivity index (χ0) is 21.4. The number of carbonyl (C=O) groups excluding carboxylic acids is 2. The van der Waals surface area contributed by atoms with Gasteiger partial charge in [0.15, 0.2) is 0 Å². The molecule has 4 atom stereocenters. The standard InChI is InChI=1S/C25H29N3O3/c1-31-19-6-4-5-16(13-19)11-12-26-23(29)21-14-18-10-9-17(21)15-25(18)27-22-8-3-2-7-20(22)24(30)28-25/h2-8,13,17-18,21,27H,9-12,14-15H2,1H3,(H,26,29)(H,28,30)/t17?,18?,21?,25-/m1/s1. The van der Waals surface area contributed by atoms with Crippen LogP contribution in [0.25, 0.3) is 0 Å². The summed E-state index contributed by atoms with van der Waals surface area (Å²) in [6, 6.07) is 15.6. The summed E-state index contributed by atoms with van der Waals surface area (Å²) in [5, 5.41) is 10.0. The Morgan fingerprint density at radius 2 is 2.03 bits per heavy atom. The van der Waals surface area contributed by atoms with Crippen molar-refractivity contribution >= 4 is 17.5 Å². The van der Waals surface area contributed by atoms with Crippen LogP contribution in [0, 0.1) is 17.8 Å². The molecule has 2 aromatic carbocycles. The molecule has 3 saturated carbocycles. The Hall–Kier alpha value is -3.02. The van der Waals surface area contributed by atoms with Crippen molar-refractivity contribution in [2.75, 3.05) is 19.0 Å². The summed E-state index contributed by atoms with van der Waals surface area (Å²) in [6.45, 7) is 0.618. The van der Waals surface area contributed by atoms with Gasteiger partial charge >= 0.3 is 0 Å². The van der Waals surface area contributed by atoms with E-state index in [2.05, 4.69) is 22.0 Å². The molecule has 1 aliphatic heterocycles. The fourth-order valence-corrected chi connectivity index (χ4v) is 5.75. The lowest BCUT2D eigenvalue weighted by Gasteiger charge is -2.56. The number of benzene rings is 2. The van der Waals surface area contributed by atoms with E-state index >= 15 is 0 Å². The monoisotopic (exact) mass is 419 g/mol. The van der Waals surface area contributed by atoms with Crippen LogP contribution in [0.1, 0.15) is 41.6 Å². The number of hydrogen-bond acceptors (Lipinski definition) is 4. The lowest BCUT2D eigenvalue weighted by Crippen LogP contribution is -2.68. The summed E-state index contributed by atoms with van der Waals surface area (Å²) in [7, 11) is 1.66. The molecule has 3 fully saturated rings. The van der Waals surface area contributed by atoms with E-state index in [0.717, 1.165) is 49.1 Å². The van der Waals surface area contributed by atoms with Crippen molar-refractivity contribution in [1.82, 2.24) is 10.6 Å². The molecule has 2 aromatic rings. The lowest BCUT2D eigenvalue weighted by molar-refractivity contribution is -0.132. The summed E-state index contributed by atoms with van der Waals surface area (Å²) in [4.78, 5) is 25.7. The van der Waals surface area contributed by atoms with Gasteiger partial charge in [0.2, 0.25) is 5.91 Å². The number of para-hydroxylation sites is 1. The molecule has 3 unspecified atom stereocenters. The van der Waals surface area contributed by atoms with Gasteiger partial charge in [-0.15, -0.1) is 0 Å². The van der Waals surface area contributed by atoms with Gasteiger partial charge in [-0.2, -0.15) is 0 Å². The molecule has 6 rings (SSSR count). The Morgan fingerprint density at radius 3 is 2.84 bits per heavy atom. The second kappa shape index (κ2) is 7.91. The smallest absolute Gasteiger partial charge is 0.255 e. The molecule has 0 radical (unpaired) electrons. The van der Waals surface area contributed by atoms with Crippen molar-refractivity contribution in [1.29, 1.82) is 0 Å². The number of fused-ring (bicyclic) bond motifs is 3. The molecule has 3 N–H and O–H groups in total. The molecule has 4 aliphatic rings. The van der Waals surface area contributed by atoms with Gasteiger partial charge in [0.1, 0.15) is 11.4 Å². The predicted molar refractivity (Wildman–Crippen MR) is 119 cm³/mol. The van der Waals surface area contributed by atoms with Crippen LogP contribution in [-0.4, -0.2) is 31.1 Å². The third-order valence-electron chi connectivity index (χ3n) is 7.32. The molecule has 6 heteroatoms. The Kier molecular flexibility index (Phi) is 5.08. The first-order valence-corrected chi connectivity index (χ1v) is 11.2. The second-order valence-corrected chi connectivity index (χ2v) is 9.07. The minimum atomic E-state index is -0.425. The molecule has 0 aromatic heterocycles. The molecular weight excluding hydrogens is 390 g/mol. The quantitative estimate of drug-likeness (QED) is 0.695. The average molecular weight is 420 g/mol. The predicted octanol–water partition coefficient (Wildman–Crippen LogP) is 3.34. The fourth-order valence-electron chi connectivity index (χ4n) is 5.75. The molecule has 31 heavy (non-hydrogen) atoms. The highest BCUT2D eigenvalue weighted by Crippen LogP contribution is 2.51. The number of nitrogens with one attached hydrogen (secondary N) is 3. The van der Waals surface area contributed by atoms with E-state index in [1.54, 1.807) is 7.11 Å². The number of rotatable bonds is 5. The number of anilines is 1. The molecule has 2 bridgehead atoms.